The molecule has 1 aromatic carbocycles. The molecule has 1 atom stereocenters. The summed E-state index contributed by atoms with van der Waals surface area (Å²) in [7, 11) is -4.42. The minimum absolute atomic E-state index is 0.0233. The summed E-state index contributed by atoms with van der Waals surface area (Å²) in [6, 6.07) is 3.76. The molecule has 0 aliphatic carbocycles. The summed E-state index contributed by atoms with van der Waals surface area (Å²) >= 11 is 6.08. The first-order valence-electron chi connectivity index (χ1n) is 11.0. The quantitative estimate of drug-likeness (QED) is 0.429. The maximum Gasteiger partial charge on any atom is 0.427 e. The van der Waals surface area contributed by atoms with Gasteiger partial charge in [-0.15, -0.1) is 0 Å². The van der Waals surface area contributed by atoms with Gasteiger partial charge in [-0.25, -0.2) is 13.2 Å². The highest BCUT2D eigenvalue weighted by atomic mass is 35.5. The minimum Gasteiger partial charge on any atom is -0.484 e. The average molecular weight is 584 g/mol. The Morgan fingerprint density at radius 3 is 2.61 bits per heavy atom. The van der Waals surface area contributed by atoms with E-state index in [0.29, 0.717) is 13.8 Å². The van der Waals surface area contributed by atoms with Gasteiger partial charge in [0.1, 0.15) is 16.7 Å². The fourth-order valence-electron chi connectivity index (χ4n) is 3.30. The van der Waals surface area contributed by atoms with E-state index in [1.165, 1.54) is 25.1 Å². The Labute approximate surface area is 220 Å². The third kappa shape index (κ3) is 6.42. The molecule has 0 bridgehead atoms. The molecule has 0 spiro atoms. The second kappa shape index (κ2) is 10.9. The number of aliphatic hydroxyl groups is 1. The highest BCUT2D eigenvalue weighted by Crippen LogP contribution is 2.40. The Balaban J connectivity index is 1.98. The molecule has 3 rings (SSSR count). The van der Waals surface area contributed by atoms with Crippen LogP contribution in [0.4, 0.5) is 29.3 Å². The van der Waals surface area contributed by atoms with E-state index in [4.69, 9.17) is 21.4 Å². The van der Waals surface area contributed by atoms with Gasteiger partial charge in [-0.2, -0.15) is 18.3 Å². The fraction of sp³-hybridized carbons (Fsp3) is 0.476. The molecule has 0 saturated heterocycles. The first kappa shape index (κ1) is 29.3. The van der Waals surface area contributed by atoms with E-state index in [-0.39, 0.29) is 59.3 Å². The van der Waals surface area contributed by atoms with Crippen molar-refractivity contribution in [3.63, 3.8) is 0 Å². The Bertz CT molecular complexity index is 1320. The van der Waals surface area contributed by atoms with Gasteiger partial charge in [0.05, 0.1) is 31.9 Å². The van der Waals surface area contributed by atoms with Crippen molar-refractivity contribution in [2.45, 2.75) is 50.1 Å². The van der Waals surface area contributed by atoms with Crippen molar-refractivity contribution in [3.8, 4) is 5.75 Å². The first-order valence-corrected chi connectivity index (χ1v) is 12.9. The number of amides is 2. The van der Waals surface area contributed by atoms with Crippen LogP contribution in [0.3, 0.4) is 0 Å². The Kier molecular flexibility index (Phi) is 8.38. The van der Waals surface area contributed by atoms with Crippen LogP contribution in [-0.2, 0) is 26.1 Å². The molecule has 2 amide bonds. The van der Waals surface area contributed by atoms with Crippen molar-refractivity contribution < 1.29 is 45.8 Å². The van der Waals surface area contributed by atoms with Gasteiger partial charge >= 0.3 is 12.3 Å². The van der Waals surface area contributed by atoms with Crippen LogP contribution >= 0.6 is 11.6 Å². The molecule has 0 fully saturated rings. The van der Waals surface area contributed by atoms with Gasteiger partial charge in [0.2, 0.25) is 11.5 Å². The SMILES string of the molecule is CC(=O)NC[C@H]1CN(S(=O)(=O)c2cn(CCO)nc2Cl)c2cc(NC(=O)OC(C)(C)C(F)(F)F)ccc2O1. The number of hydrogen-bond acceptors (Lipinski definition) is 8. The molecule has 12 nitrogen and oxygen atoms in total. The number of ether oxygens (including phenoxy) is 2. The van der Waals surface area contributed by atoms with Gasteiger partial charge in [-0.3, -0.25) is 19.1 Å². The highest BCUT2D eigenvalue weighted by Gasteiger charge is 2.51. The van der Waals surface area contributed by atoms with Crippen LogP contribution in [0.25, 0.3) is 0 Å². The summed E-state index contributed by atoms with van der Waals surface area (Å²) in [6.07, 6.45) is -5.95. The molecule has 1 aliphatic heterocycles. The Hall–Kier alpha value is -3.24. The number of carbonyl (C=O) groups is 2. The third-order valence-electron chi connectivity index (χ3n) is 5.33. The second-order valence-electron chi connectivity index (χ2n) is 8.69. The van der Waals surface area contributed by atoms with Crippen LogP contribution in [0.2, 0.25) is 5.15 Å². The van der Waals surface area contributed by atoms with Crippen LogP contribution in [-0.4, -0.2) is 72.9 Å². The van der Waals surface area contributed by atoms with Gasteiger partial charge in [-0.1, -0.05) is 11.6 Å². The summed E-state index contributed by atoms with van der Waals surface area (Å²) in [5.74, 6) is -0.328. The van der Waals surface area contributed by atoms with Crippen molar-refractivity contribution in [1.82, 2.24) is 15.1 Å². The zero-order valence-electron chi connectivity index (χ0n) is 20.4. The number of aliphatic hydroxyl groups excluding tert-OH is 1. The van der Waals surface area contributed by atoms with Crippen LogP contribution in [0, 0.1) is 0 Å². The lowest BCUT2D eigenvalue weighted by molar-refractivity contribution is -0.242. The molecule has 210 valence electrons. The Morgan fingerprint density at radius 2 is 2.00 bits per heavy atom. The van der Waals surface area contributed by atoms with E-state index in [0.717, 1.165) is 15.2 Å². The molecule has 0 saturated carbocycles. The molecule has 2 heterocycles. The number of rotatable bonds is 8. The largest absolute Gasteiger partial charge is 0.484 e. The summed E-state index contributed by atoms with van der Waals surface area (Å²) in [6.45, 7) is 1.94. The van der Waals surface area contributed by atoms with E-state index in [2.05, 4.69) is 20.5 Å². The topological polar surface area (TPSA) is 152 Å². The number of fused-ring (bicyclic) bond motifs is 1. The second-order valence-corrected chi connectivity index (χ2v) is 10.9. The number of aromatic nitrogens is 2. The smallest absolute Gasteiger partial charge is 0.427 e. The number of nitrogens with zero attached hydrogens (tertiary/aromatic N) is 3. The molecule has 38 heavy (non-hydrogen) atoms. The molecule has 0 unspecified atom stereocenters. The number of hydrogen-bond donors (Lipinski definition) is 3. The maximum absolute atomic E-state index is 13.6. The summed E-state index contributed by atoms with van der Waals surface area (Å²) in [4.78, 5) is 23.2. The minimum atomic E-state index is -4.83. The van der Waals surface area contributed by atoms with Crippen LogP contribution in [0.1, 0.15) is 20.8 Å². The zero-order chi connectivity index (χ0) is 28.5. The van der Waals surface area contributed by atoms with Crippen molar-refractivity contribution in [1.29, 1.82) is 0 Å². The summed E-state index contributed by atoms with van der Waals surface area (Å²) < 4.78 is 78.9. The number of benzene rings is 1. The number of nitrogens with one attached hydrogen (secondary N) is 2. The van der Waals surface area contributed by atoms with Gasteiger partial charge in [0, 0.05) is 18.8 Å². The molecule has 3 N–H and O–H groups in total. The maximum atomic E-state index is 13.6. The lowest BCUT2D eigenvalue weighted by Gasteiger charge is -2.35. The van der Waals surface area contributed by atoms with Gasteiger partial charge < -0.3 is 19.9 Å². The van der Waals surface area contributed by atoms with Crippen LogP contribution < -0.4 is 19.7 Å². The van der Waals surface area contributed by atoms with Crippen molar-refractivity contribution >= 4 is 45.0 Å². The number of carbonyl (C=O) groups excluding carboxylic acids is 2. The van der Waals surface area contributed by atoms with Crippen LogP contribution in [0.5, 0.6) is 5.75 Å². The van der Waals surface area contributed by atoms with Gasteiger partial charge in [-0.05, 0) is 32.0 Å². The highest BCUT2D eigenvalue weighted by molar-refractivity contribution is 7.93. The van der Waals surface area contributed by atoms with E-state index < -0.39 is 34.0 Å². The molecular weight excluding hydrogens is 559 g/mol. The first-order chi connectivity index (χ1) is 17.5. The van der Waals surface area contributed by atoms with E-state index in [9.17, 15) is 31.2 Å². The predicted molar refractivity (Wildman–Crippen MR) is 129 cm³/mol. The number of halogens is 4. The summed E-state index contributed by atoms with van der Waals surface area (Å²) in [5.41, 5.74) is -2.94. The van der Waals surface area contributed by atoms with Gasteiger partial charge in [0.25, 0.3) is 10.0 Å². The lowest BCUT2D eigenvalue weighted by atomic mass is 10.1. The average Bonchev–Trinajstić information content (AvgIpc) is 3.17. The fourth-order valence-corrected chi connectivity index (χ4v) is 5.25. The van der Waals surface area contributed by atoms with E-state index >= 15 is 0 Å². The molecule has 1 aromatic heterocycles. The van der Waals surface area contributed by atoms with Crippen molar-refractivity contribution in [2.24, 2.45) is 0 Å². The van der Waals surface area contributed by atoms with E-state index in [1.807, 2.05) is 0 Å². The summed E-state index contributed by atoms with van der Waals surface area (Å²) in [5, 5.41) is 17.3. The predicted octanol–water partition coefficient (Wildman–Crippen LogP) is 2.51. The number of anilines is 2. The normalized spacial score (nSPS) is 15.9. The standard InChI is InChI=1S/C21H25ClF3N5O7S/c1-12(32)26-9-14-10-30(38(34,35)17-11-29(6-7-31)28-18(17)22)15-8-13(4-5-16(15)36-14)27-19(33)37-20(2,3)21(23,24)25/h4-5,8,11,14,31H,6-7,9-10H2,1-3H3,(H,26,32)(H,27,33)/t14-/m0/s1. The Morgan fingerprint density at radius 1 is 1.32 bits per heavy atom. The van der Waals surface area contributed by atoms with Crippen molar-refractivity contribution in [3.05, 3.63) is 29.5 Å². The number of sulfonamides is 1. The zero-order valence-corrected chi connectivity index (χ0v) is 21.9. The number of alkyl halides is 3. The molecule has 1 aliphatic rings. The monoisotopic (exact) mass is 583 g/mol. The molecule has 0 radical (unpaired) electrons. The lowest BCUT2D eigenvalue weighted by Crippen LogP contribution is -2.48. The molecular formula is C21H25ClF3N5O7S. The van der Waals surface area contributed by atoms with Crippen LogP contribution in [0.15, 0.2) is 29.3 Å². The van der Waals surface area contributed by atoms with Crippen molar-refractivity contribution in [2.75, 3.05) is 29.3 Å². The van der Waals surface area contributed by atoms with Gasteiger partial charge in [0.15, 0.2) is 5.15 Å². The van der Waals surface area contributed by atoms with E-state index in [1.54, 1.807) is 0 Å². The molecule has 17 heteroatoms. The molecule has 2 aromatic rings. The third-order valence-corrected chi connectivity index (χ3v) is 7.50.